The van der Waals surface area contributed by atoms with Crippen LogP contribution in [0.4, 0.5) is 0 Å². The lowest BCUT2D eigenvalue weighted by atomic mass is 9.99. The van der Waals surface area contributed by atoms with Gasteiger partial charge < -0.3 is 24.6 Å². The van der Waals surface area contributed by atoms with Gasteiger partial charge in [-0.3, -0.25) is 0 Å². The highest BCUT2D eigenvalue weighted by molar-refractivity contribution is 4.93. The number of terminal acetylenes is 1. The van der Waals surface area contributed by atoms with Crippen molar-refractivity contribution in [3.05, 3.63) is 0 Å². The van der Waals surface area contributed by atoms with E-state index < -0.39 is 18.5 Å². The molecule has 18 heavy (non-hydrogen) atoms. The standard InChI is InChI=1S/C13H23NO4/c1-5-10(15)6-7-17-13-12(16)11(14(3)4)8-9(2)18-13/h1,9-13,15-16H,6-8H2,2-4H3/t9-,10?,11+,12-,13-/m1/s1. The average Bonchev–Trinajstić information content (AvgIpc) is 2.32. The highest BCUT2D eigenvalue weighted by Crippen LogP contribution is 2.23. The number of hydrogen-bond acceptors (Lipinski definition) is 5. The van der Waals surface area contributed by atoms with Gasteiger partial charge in [0, 0.05) is 12.5 Å². The molecular formula is C13H23NO4. The first-order valence-corrected chi connectivity index (χ1v) is 6.21. The Morgan fingerprint density at radius 3 is 2.78 bits per heavy atom. The fraction of sp³-hybridized carbons (Fsp3) is 0.846. The van der Waals surface area contributed by atoms with Crippen LogP contribution in [0, 0.1) is 12.3 Å². The molecule has 0 aromatic carbocycles. The van der Waals surface area contributed by atoms with Crippen molar-refractivity contribution in [1.82, 2.24) is 4.90 Å². The van der Waals surface area contributed by atoms with Gasteiger partial charge in [0.05, 0.1) is 12.7 Å². The van der Waals surface area contributed by atoms with E-state index in [0.717, 1.165) is 6.42 Å². The molecule has 5 heteroatoms. The summed E-state index contributed by atoms with van der Waals surface area (Å²) >= 11 is 0. The predicted molar refractivity (Wildman–Crippen MR) is 67.8 cm³/mol. The topological polar surface area (TPSA) is 62.2 Å². The lowest BCUT2D eigenvalue weighted by Crippen LogP contribution is -2.54. The van der Waals surface area contributed by atoms with Gasteiger partial charge >= 0.3 is 0 Å². The first-order valence-electron chi connectivity index (χ1n) is 6.21. The summed E-state index contributed by atoms with van der Waals surface area (Å²) in [5.74, 6) is 2.21. The van der Waals surface area contributed by atoms with E-state index in [2.05, 4.69) is 5.92 Å². The third-order valence-corrected chi connectivity index (χ3v) is 3.14. The maximum absolute atomic E-state index is 10.1. The first-order chi connectivity index (χ1) is 8.45. The summed E-state index contributed by atoms with van der Waals surface area (Å²) in [5.41, 5.74) is 0. The predicted octanol–water partition coefficient (Wildman–Crippen LogP) is -0.187. The molecule has 5 nitrogen and oxygen atoms in total. The van der Waals surface area contributed by atoms with E-state index in [9.17, 15) is 10.2 Å². The van der Waals surface area contributed by atoms with Crippen molar-refractivity contribution in [2.24, 2.45) is 0 Å². The molecule has 1 saturated heterocycles. The number of ether oxygens (including phenoxy) is 2. The monoisotopic (exact) mass is 257 g/mol. The normalized spacial score (nSPS) is 34.3. The van der Waals surface area contributed by atoms with E-state index in [1.807, 2.05) is 25.9 Å². The number of aliphatic hydroxyl groups is 2. The molecule has 0 aromatic heterocycles. The lowest BCUT2D eigenvalue weighted by Gasteiger charge is -2.40. The lowest BCUT2D eigenvalue weighted by molar-refractivity contribution is -0.253. The van der Waals surface area contributed by atoms with Gasteiger partial charge in [0.25, 0.3) is 0 Å². The Balaban J connectivity index is 2.46. The van der Waals surface area contributed by atoms with Crippen LogP contribution in [0.1, 0.15) is 19.8 Å². The SMILES string of the molecule is C#CC(O)CCO[C@@H]1O[C@H](C)C[C@H](N(C)C)[C@H]1O. The zero-order chi connectivity index (χ0) is 13.7. The van der Waals surface area contributed by atoms with E-state index in [4.69, 9.17) is 15.9 Å². The van der Waals surface area contributed by atoms with Crippen molar-refractivity contribution >= 4 is 0 Å². The molecule has 1 fully saturated rings. The molecule has 0 amide bonds. The summed E-state index contributed by atoms with van der Waals surface area (Å²) in [5, 5.41) is 19.4. The second-order valence-corrected chi connectivity index (χ2v) is 4.91. The minimum atomic E-state index is -0.812. The van der Waals surface area contributed by atoms with Crippen LogP contribution in [-0.2, 0) is 9.47 Å². The molecule has 0 radical (unpaired) electrons. The molecule has 0 aliphatic carbocycles. The molecule has 0 saturated carbocycles. The molecule has 1 aliphatic heterocycles. The molecule has 0 spiro atoms. The summed E-state index contributed by atoms with van der Waals surface area (Å²) in [7, 11) is 3.84. The van der Waals surface area contributed by atoms with E-state index in [-0.39, 0.29) is 18.8 Å². The van der Waals surface area contributed by atoms with Gasteiger partial charge in [-0.25, -0.2) is 0 Å². The van der Waals surface area contributed by atoms with Crippen LogP contribution in [-0.4, -0.2) is 66.5 Å². The quantitative estimate of drug-likeness (QED) is 0.669. The Morgan fingerprint density at radius 1 is 1.56 bits per heavy atom. The van der Waals surface area contributed by atoms with Crippen LogP contribution in [0.3, 0.4) is 0 Å². The van der Waals surface area contributed by atoms with Crippen LogP contribution in [0.25, 0.3) is 0 Å². The Hall–Kier alpha value is -0.640. The molecular weight excluding hydrogens is 234 g/mol. The third-order valence-electron chi connectivity index (χ3n) is 3.14. The molecule has 0 aromatic rings. The van der Waals surface area contributed by atoms with Gasteiger partial charge in [-0.15, -0.1) is 6.42 Å². The first kappa shape index (κ1) is 15.4. The van der Waals surface area contributed by atoms with Crippen molar-refractivity contribution in [1.29, 1.82) is 0 Å². The van der Waals surface area contributed by atoms with Crippen LogP contribution in [0.5, 0.6) is 0 Å². The maximum Gasteiger partial charge on any atom is 0.185 e. The van der Waals surface area contributed by atoms with E-state index in [0.29, 0.717) is 6.42 Å². The van der Waals surface area contributed by atoms with Crippen molar-refractivity contribution < 1.29 is 19.7 Å². The number of likely N-dealkylation sites (N-methyl/N-ethyl adjacent to an activating group) is 1. The van der Waals surface area contributed by atoms with Crippen LogP contribution >= 0.6 is 0 Å². The van der Waals surface area contributed by atoms with Crippen LogP contribution < -0.4 is 0 Å². The number of nitrogens with zero attached hydrogens (tertiary/aromatic N) is 1. The molecule has 1 unspecified atom stereocenters. The molecule has 0 bridgehead atoms. The summed E-state index contributed by atoms with van der Waals surface area (Å²) in [6.07, 6.45) is 4.02. The van der Waals surface area contributed by atoms with Gasteiger partial charge in [-0.05, 0) is 27.4 Å². The second kappa shape index (κ2) is 7.07. The smallest absolute Gasteiger partial charge is 0.185 e. The van der Waals surface area contributed by atoms with E-state index in [1.54, 1.807) is 0 Å². The Labute approximate surface area is 109 Å². The number of hydrogen-bond donors (Lipinski definition) is 2. The van der Waals surface area contributed by atoms with Gasteiger partial charge in [0.15, 0.2) is 6.29 Å². The summed E-state index contributed by atoms with van der Waals surface area (Å²) in [6.45, 7) is 2.22. The Kier molecular flexibility index (Phi) is 6.06. The minimum absolute atomic E-state index is 0.0105. The van der Waals surface area contributed by atoms with Crippen molar-refractivity contribution in [2.75, 3.05) is 20.7 Å². The summed E-state index contributed by atoms with van der Waals surface area (Å²) in [6, 6.07) is 0.0105. The molecule has 2 N–H and O–H groups in total. The van der Waals surface area contributed by atoms with E-state index >= 15 is 0 Å². The zero-order valence-corrected chi connectivity index (χ0v) is 11.2. The zero-order valence-electron chi connectivity index (χ0n) is 11.2. The minimum Gasteiger partial charge on any atom is -0.386 e. The molecule has 1 heterocycles. The molecule has 104 valence electrons. The van der Waals surface area contributed by atoms with Crippen LogP contribution in [0.15, 0.2) is 0 Å². The van der Waals surface area contributed by atoms with Gasteiger partial charge in [0.2, 0.25) is 0 Å². The maximum atomic E-state index is 10.1. The third kappa shape index (κ3) is 4.23. The highest BCUT2D eigenvalue weighted by atomic mass is 16.7. The number of aliphatic hydroxyl groups excluding tert-OH is 2. The highest BCUT2D eigenvalue weighted by Gasteiger charge is 2.37. The van der Waals surface area contributed by atoms with Gasteiger partial charge in [-0.2, -0.15) is 0 Å². The second-order valence-electron chi connectivity index (χ2n) is 4.91. The van der Waals surface area contributed by atoms with Crippen molar-refractivity contribution in [2.45, 2.75) is 50.4 Å². The summed E-state index contributed by atoms with van der Waals surface area (Å²) in [4.78, 5) is 1.97. The molecule has 5 atom stereocenters. The van der Waals surface area contributed by atoms with Crippen molar-refractivity contribution in [3.8, 4) is 12.3 Å². The number of rotatable bonds is 5. The molecule has 1 rings (SSSR count). The van der Waals surface area contributed by atoms with Crippen LogP contribution in [0.2, 0.25) is 0 Å². The van der Waals surface area contributed by atoms with Crippen molar-refractivity contribution in [3.63, 3.8) is 0 Å². The fourth-order valence-electron chi connectivity index (χ4n) is 2.06. The summed E-state index contributed by atoms with van der Waals surface area (Å²) < 4.78 is 11.0. The Bertz CT molecular complexity index is 289. The molecule has 1 aliphatic rings. The average molecular weight is 257 g/mol. The van der Waals surface area contributed by atoms with Gasteiger partial charge in [0.1, 0.15) is 12.2 Å². The largest absolute Gasteiger partial charge is 0.386 e. The fourth-order valence-corrected chi connectivity index (χ4v) is 2.06. The Morgan fingerprint density at radius 2 is 2.22 bits per heavy atom. The van der Waals surface area contributed by atoms with E-state index in [1.165, 1.54) is 0 Å². The van der Waals surface area contributed by atoms with Gasteiger partial charge in [-0.1, -0.05) is 5.92 Å².